The number of aryl methyl sites for hydroxylation is 1. The average molecular weight is 326 g/mol. The second-order valence-corrected chi connectivity index (χ2v) is 4.88. The lowest BCUT2D eigenvalue weighted by Crippen LogP contribution is -2.03. The topological polar surface area (TPSA) is 70.3 Å². The van der Waals surface area contributed by atoms with E-state index in [1.807, 2.05) is 0 Å². The molecule has 0 spiro atoms. The van der Waals surface area contributed by atoms with Crippen LogP contribution in [0.5, 0.6) is 11.5 Å². The zero-order valence-corrected chi connectivity index (χ0v) is 11.5. The summed E-state index contributed by atoms with van der Waals surface area (Å²) >= 11 is 3.38. The summed E-state index contributed by atoms with van der Waals surface area (Å²) in [6, 6.07) is 3.51. The molecule has 1 aromatic heterocycles. The molecule has 19 heavy (non-hydrogen) atoms. The van der Waals surface area contributed by atoms with E-state index in [4.69, 9.17) is 15.2 Å². The molecule has 1 aromatic carbocycles. The van der Waals surface area contributed by atoms with Crippen molar-refractivity contribution in [3.63, 3.8) is 0 Å². The number of nitrogen functional groups attached to an aromatic ring is 1. The highest BCUT2D eigenvalue weighted by Gasteiger charge is 2.20. The molecule has 2 heterocycles. The van der Waals surface area contributed by atoms with Gasteiger partial charge < -0.3 is 15.2 Å². The van der Waals surface area contributed by atoms with E-state index in [9.17, 15) is 4.39 Å². The van der Waals surface area contributed by atoms with E-state index < -0.39 is 5.82 Å². The van der Waals surface area contributed by atoms with Gasteiger partial charge in [-0.3, -0.25) is 0 Å². The Morgan fingerprint density at radius 1 is 1.32 bits per heavy atom. The first-order valence-corrected chi connectivity index (χ1v) is 6.24. The highest BCUT2D eigenvalue weighted by molar-refractivity contribution is 9.10. The molecule has 3 rings (SSSR count). The lowest BCUT2D eigenvalue weighted by atomic mass is 10.2. The molecule has 0 fully saturated rings. The number of ether oxygens (including phenoxy) is 2. The van der Waals surface area contributed by atoms with Gasteiger partial charge in [0, 0.05) is 5.56 Å². The Bertz CT molecular complexity index is 655. The van der Waals surface area contributed by atoms with Gasteiger partial charge in [-0.1, -0.05) is 0 Å². The van der Waals surface area contributed by atoms with E-state index in [2.05, 4.69) is 25.9 Å². The van der Waals surface area contributed by atoms with Crippen molar-refractivity contribution in [2.24, 2.45) is 0 Å². The van der Waals surface area contributed by atoms with Crippen LogP contribution in [-0.4, -0.2) is 16.8 Å². The van der Waals surface area contributed by atoms with Crippen LogP contribution in [0.2, 0.25) is 0 Å². The minimum absolute atomic E-state index is 0.169. The number of rotatable bonds is 1. The van der Waals surface area contributed by atoms with Crippen molar-refractivity contribution in [2.45, 2.75) is 6.92 Å². The SMILES string of the molecule is Cc1nc(-c2cc(Br)c3c(c2)OCO3)nc(N)c1F. The van der Waals surface area contributed by atoms with Gasteiger partial charge in [-0.15, -0.1) is 0 Å². The Hall–Kier alpha value is -1.89. The van der Waals surface area contributed by atoms with Gasteiger partial charge in [0.05, 0.1) is 10.2 Å². The minimum Gasteiger partial charge on any atom is -0.454 e. The summed E-state index contributed by atoms with van der Waals surface area (Å²) in [5.74, 6) is 0.805. The normalized spacial score (nSPS) is 12.8. The fraction of sp³-hybridized carbons (Fsp3) is 0.167. The lowest BCUT2D eigenvalue weighted by Gasteiger charge is -2.07. The maximum atomic E-state index is 13.4. The Morgan fingerprint density at radius 2 is 2.11 bits per heavy atom. The molecule has 5 nitrogen and oxygen atoms in total. The first kappa shape index (κ1) is 12.2. The van der Waals surface area contributed by atoms with Gasteiger partial charge in [0.15, 0.2) is 29.0 Å². The summed E-state index contributed by atoms with van der Waals surface area (Å²) in [5, 5.41) is 0. The molecule has 0 amide bonds. The predicted octanol–water partition coefficient (Wildman–Crippen LogP) is 2.66. The Labute approximate surface area is 116 Å². The van der Waals surface area contributed by atoms with E-state index in [1.54, 1.807) is 19.1 Å². The van der Waals surface area contributed by atoms with E-state index >= 15 is 0 Å². The minimum atomic E-state index is -0.594. The third kappa shape index (κ3) is 1.99. The standard InChI is InChI=1S/C12H9BrFN3O2/c1-5-9(14)11(15)17-12(16-5)6-2-7(13)10-8(3-6)18-4-19-10/h2-3H,4H2,1H3,(H2,15,16,17). The summed E-state index contributed by atoms with van der Waals surface area (Å²) in [7, 11) is 0. The predicted molar refractivity (Wildman–Crippen MR) is 70.4 cm³/mol. The number of anilines is 1. The Kier molecular flexibility index (Phi) is 2.78. The summed E-state index contributed by atoms with van der Waals surface area (Å²) in [6.07, 6.45) is 0. The van der Waals surface area contributed by atoms with E-state index in [1.165, 1.54) is 0 Å². The molecule has 0 aliphatic carbocycles. The van der Waals surface area contributed by atoms with Crippen LogP contribution in [0.1, 0.15) is 5.69 Å². The molecule has 1 aliphatic rings. The fourth-order valence-electron chi connectivity index (χ4n) is 1.81. The summed E-state index contributed by atoms with van der Waals surface area (Å²) in [6.45, 7) is 1.71. The van der Waals surface area contributed by atoms with Crippen LogP contribution in [0.4, 0.5) is 10.2 Å². The molecule has 0 bridgehead atoms. The van der Waals surface area contributed by atoms with E-state index in [0.717, 1.165) is 4.47 Å². The number of benzene rings is 1. The summed E-state index contributed by atoms with van der Waals surface area (Å²) in [4.78, 5) is 8.03. The third-order valence-electron chi connectivity index (χ3n) is 2.73. The second-order valence-electron chi connectivity index (χ2n) is 4.02. The molecule has 0 unspecified atom stereocenters. The van der Waals surface area contributed by atoms with Crippen LogP contribution in [-0.2, 0) is 0 Å². The number of halogens is 2. The molecule has 2 aromatic rings. The summed E-state index contributed by atoms with van der Waals surface area (Å²) in [5.41, 5.74) is 6.39. The monoisotopic (exact) mass is 325 g/mol. The van der Waals surface area contributed by atoms with Crippen molar-refractivity contribution in [3.8, 4) is 22.9 Å². The molecule has 0 saturated heterocycles. The molecule has 0 atom stereocenters. The van der Waals surface area contributed by atoms with Crippen molar-refractivity contribution in [1.82, 2.24) is 9.97 Å². The number of nitrogens with two attached hydrogens (primary N) is 1. The molecule has 2 N–H and O–H groups in total. The molecule has 7 heteroatoms. The van der Waals surface area contributed by atoms with Gasteiger partial charge in [0.25, 0.3) is 0 Å². The van der Waals surface area contributed by atoms with Crippen molar-refractivity contribution < 1.29 is 13.9 Å². The van der Waals surface area contributed by atoms with Crippen molar-refractivity contribution >= 4 is 21.7 Å². The van der Waals surface area contributed by atoms with Crippen LogP contribution >= 0.6 is 15.9 Å². The van der Waals surface area contributed by atoms with Crippen molar-refractivity contribution in [3.05, 3.63) is 28.1 Å². The van der Waals surface area contributed by atoms with Crippen LogP contribution in [0, 0.1) is 12.7 Å². The smallest absolute Gasteiger partial charge is 0.231 e. The van der Waals surface area contributed by atoms with Gasteiger partial charge in [0.2, 0.25) is 6.79 Å². The quantitative estimate of drug-likeness (QED) is 0.872. The van der Waals surface area contributed by atoms with E-state index in [-0.39, 0.29) is 18.3 Å². The van der Waals surface area contributed by atoms with Crippen LogP contribution in [0.25, 0.3) is 11.4 Å². The van der Waals surface area contributed by atoms with Gasteiger partial charge in [-0.05, 0) is 35.0 Å². The highest BCUT2D eigenvalue weighted by atomic mass is 79.9. The average Bonchev–Trinajstić information content (AvgIpc) is 2.84. The van der Waals surface area contributed by atoms with E-state index in [0.29, 0.717) is 22.9 Å². The molecular weight excluding hydrogens is 317 g/mol. The maximum absolute atomic E-state index is 13.4. The van der Waals surface area contributed by atoms with Crippen LogP contribution in [0.15, 0.2) is 16.6 Å². The zero-order chi connectivity index (χ0) is 13.6. The van der Waals surface area contributed by atoms with Crippen molar-refractivity contribution in [1.29, 1.82) is 0 Å². The van der Waals surface area contributed by atoms with Gasteiger partial charge in [0.1, 0.15) is 0 Å². The molecule has 1 aliphatic heterocycles. The number of fused-ring (bicyclic) bond motifs is 1. The molecular formula is C12H9BrFN3O2. The Balaban J connectivity index is 2.15. The Morgan fingerprint density at radius 3 is 2.84 bits per heavy atom. The third-order valence-corrected chi connectivity index (χ3v) is 3.32. The van der Waals surface area contributed by atoms with Crippen LogP contribution in [0.3, 0.4) is 0 Å². The largest absolute Gasteiger partial charge is 0.454 e. The van der Waals surface area contributed by atoms with Crippen molar-refractivity contribution in [2.75, 3.05) is 12.5 Å². The number of hydrogen-bond donors (Lipinski definition) is 1. The fourth-order valence-corrected chi connectivity index (χ4v) is 2.36. The number of hydrogen-bond acceptors (Lipinski definition) is 5. The summed E-state index contributed by atoms with van der Waals surface area (Å²) < 4.78 is 24.7. The van der Waals surface area contributed by atoms with Gasteiger partial charge in [-0.2, -0.15) is 0 Å². The highest BCUT2D eigenvalue weighted by Crippen LogP contribution is 2.42. The first-order chi connectivity index (χ1) is 9.06. The van der Waals surface area contributed by atoms with Gasteiger partial charge >= 0.3 is 0 Å². The lowest BCUT2D eigenvalue weighted by molar-refractivity contribution is 0.173. The first-order valence-electron chi connectivity index (χ1n) is 5.45. The molecule has 0 saturated carbocycles. The maximum Gasteiger partial charge on any atom is 0.231 e. The zero-order valence-electron chi connectivity index (χ0n) is 9.91. The number of nitrogens with zero attached hydrogens (tertiary/aromatic N) is 2. The molecule has 98 valence electrons. The molecule has 0 radical (unpaired) electrons. The van der Waals surface area contributed by atoms with Gasteiger partial charge in [-0.25, -0.2) is 14.4 Å². The number of aromatic nitrogens is 2. The second kappa shape index (κ2) is 4.34. The van der Waals surface area contributed by atoms with Crippen LogP contribution < -0.4 is 15.2 Å².